The fourth-order valence-electron chi connectivity index (χ4n) is 2.96. The second-order valence-electron chi connectivity index (χ2n) is 5.90. The van der Waals surface area contributed by atoms with Gasteiger partial charge in [0.15, 0.2) is 5.43 Å². The van der Waals surface area contributed by atoms with Gasteiger partial charge >= 0.3 is 0 Å². The minimum Gasteiger partial charge on any atom is -0.461 e. The molecular weight excluding hydrogens is 236 g/mol. The van der Waals surface area contributed by atoms with Crippen molar-refractivity contribution in [2.45, 2.75) is 51.4 Å². The Hall–Kier alpha value is -1.57. The highest BCUT2D eigenvalue weighted by molar-refractivity contribution is 5.77. The first-order valence-electron chi connectivity index (χ1n) is 7.23. The molecule has 0 aliphatic heterocycles. The molecule has 0 radical (unpaired) electrons. The molecule has 2 nitrogen and oxygen atoms in total. The summed E-state index contributed by atoms with van der Waals surface area (Å²) in [5, 5.41) is 0.716. The number of hydrogen-bond donors (Lipinski definition) is 0. The van der Waals surface area contributed by atoms with Crippen LogP contribution in [0.25, 0.3) is 11.0 Å². The Bertz CT molecular complexity index is 646. The third-order valence-corrected chi connectivity index (χ3v) is 4.19. The number of benzene rings is 1. The van der Waals surface area contributed by atoms with E-state index in [2.05, 4.69) is 19.9 Å². The van der Waals surface area contributed by atoms with Crippen LogP contribution in [0.15, 0.2) is 33.5 Å². The molecule has 2 heteroatoms. The quantitative estimate of drug-likeness (QED) is 0.787. The predicted molar refractivity (Wildman–Crippen MR) is 77.8 cm³/mol. The van der Waals surface area contributed by atoms with E-state index < -0.39 is 0 Å². The topological polar surface area (TPSA) is 30.2 Å². The largest absolute Gasteiger partial charge is 0.461 e. The van der Waals surface area contributed by atoms with E-state index in [-0.39, 0.29) is 5.43 Å². The Morgan fingerprint density at radius 3 is 2.58 bits per heavy atom. The van der Waals surface area contributed by atoms with Crippen LogP contribution < -0.4 is 5.43 Å². The molecule has 0 atom stereocenters. The summed E-state index contributed by atoms with van der Waals surface area (Å²) >= 11 is 0. The maximum Gasteiger partial charge on any atom is 0.192 e. The first-order chi connectivity index (χ1) is 9.15. The molecule has 0 bridgehead atoms. The van der Waals surface area contributed by atoms with Gasteiger partial charge in [0.25, 0.3) is 0 Å². The van der Waals surface area contributed by atoms with E-state index in [1.54, 1.807) is 6.07 Å². The molecular formula is C17H20O2. The highest BCUT2D eigenvalue weighted by Crippen LogP contribution is 2.34. The van der Waals surface area contributed by atoms with Crippen LogP contribution in [-0.2, 0) is 0 Å². The molecule has 0 unspecified atom stereocenters. The van der Waals surface area contributed by atoms with Crippen LogP contribution in [0, 0.1) is 0 Å². The van der Waals surface area contributed by atoms with E-state index in [1.807, 2.05) is 12.1 Å². The molecule has 1 heterocycles. The minimum absolute atomic E-state index is 0.102. The average molecular weight is 256 g/mol. The van der Waals surface area contributed by atoms with E-state index in [0.29, 0.717) is 17.2 Å². The summed E-state index contributed by atoms with van der Waals surface area (Å²) in [6.45, 7) is 4.27. The van der Waals surface area contributed by atoms with Crippen LogP contribution in [0.1, 0.15) is 62.7 Å². The van der Waals surface area contributed by atoms with Crippen LogP contribution in [0.2, 0.25) is 0 Å². The highest BCUT2D eigenvalue weighted by Gasteiger charge is 2.20. The third kappa shape index (κ3) is 2.32. The predicted octanol–water partition coefficient (Wildman–Crippen LogP) is 4.57. The summed E-state index contributed by atoms with van der Waals surface area (Å²) in [5.41, 5.74) is 2.03. The summed E-state index contributed by atoms with van der Waals surface area (Å²) in [6.07, 6.45) is 4.80. The zero-order valence-electron chi connectivity index (χ0n) is 11.6. The maximum absolute atomic E-state index is 12.3. The van der Waals surface area contributed by atoms with E-state index in [9.17, 15) is 4.79 Å². The normalized spacial score (nSPS) is 16.6. The smallest absolute Gasteiger partial charge is 0.192 e. The first kappa shape index (κ1) is 12.5. The summed E-state index contributed by atoms with van der Waals surface area (Å²) in [7, 11) is 0. The fourth-order valence-corrected chi connectivity index (χ4v) is 2.96. The van der Waals surface area contributed by atoms with Gasteiger partial charge in [0, 0.05) is 12.0 Å². The van der Waals surface area contributed by atoms with Crippen molar-refractivity contribution in [3.63, 3.8) is 0 Å². The molecule has 3 rings (SSSR count). The zero-order valence-corrected chi connectivity index (χ0v) is 11.6. The molecule has 0 saturated heterocycles. The van der Waals surface area contributed by atoms with Crippen molar-refractivity contribution in [2.75, 3.05) is 0 Å². The molecule has 0 N–H and O–H groups in total. The lowest BCUT2D eigenvalue weighted by Gasteiger charge is -2.10. The Kier molecular flexibility index (Phi) is 3.17. The molecule has 2 aromatic rings. The van der Waals surface area contributed by atoms with Crippen molar-refractivity contribution in [3.05, 3.63) is 45.8 Å². The second kappa shape index (κ2) is 4.84. The van der Waals surface area contributed by atoms with Crippen molar-refractivity contribution >= 4 is 11.0 Å². The summed E-state index contributed by atoms with van der Waals surface area (Å²) in [5.74, 6) is 1.76. The van der Waals surface area contributed by atoms with Crippen LogP contribution in [0.3, 0.4) is 0 Å². The molecule has 0 amide bonds. The fraction of sp³-hybridized carbons (Fsp3) is 0.471. The maximum atomic E-state index is 12.3. The van der Waals surface area contributed by atoms with Gasteiger partial charge in [-0.2, -0.15) is 0 Å². The lowest BCUT2D eigenvalue weighted by atomic mass is 10.00. The van der Waals surface area contributed by atoms with E-state index in [1.165, 1.54) is 18.4 Å². The summed E-state index contributed by atoms with van der Waals surface area (Å²) in [6, 6.07) is 7.70. The van der Waals surface area contributed by atoms with E-state index >= 15 is 0 Å². The van der Waals surface area contributed by atoms with Gasteiger partial charge in [-0.25, -0.2) is 0 Å². The van der Waals surface area contributed by atoms with Gasteiger partial charge in [-0.15, -0.1) is 0 Å². The van der Waals surface area contributed by atoms with Crippen molar-refractivity contribution in [2.24, 2.45) is 0 Å². The minimum atomic E-state index is 0.102. The molecule has 1 aromatic carbocycles. The molecule has 0 spiro atoms. The van der Waals surface area contributed by atoms with E-state index in [0.717, 1.165) is 24.2 Å². The molecule has 1 aromatic heterocycles. The lowest BCUT2D eigenvalue weighted by Crippen LogP contribution is -2.05. The Labute approximate surface area is 113 Å². The van der Waals surface area contributed by atoms with E-state index in [4.69, 9.17) is 4.42 Å². The Balaban J connectivity index is 2.11. The van der Waals surface area contributed by atoms with Gasteiger partial charge in [-0.1, -0.05) is 32.8 Å². The first-order valence-corrected chi connectivity index (χ1v) is 7.23. The monoisotopic (exact) mass is 256 g/mol. The van der Waals surface area contributed by atoms with Gasteiger partial charge in [0.2, 0.25) is 0 Å². The molecule has 1 aliphatic rings. The number of rotatable bonds is 2. The summed E-state index contributed by atoms with van der Waals surface area (Å²) < 4.78 is 5.96. The second-order valence-corrected chi connectivity index (χ2v) is 5.90. The van der Waals surface area contributed by atoms with Gasteiger partial charge in [-0.05, 0) is 36.5 Å². The molecule has 1 saturated carbocycles. The molecule has 1 aliphatic carbocycles. The third-order valence-electron chi connectivity index (χ3n) is 4.19. The van der Waals surface area contributed by atoms with Gasteiger partial charge in [-0.3, -0.25) is 4.79 Å². The zero-order chi connectivity index (χ0) is 13.4. The van der Waals surface area contributed by atoms with Gasteiger partial charge < -0.3 is 4.42 Å². The van der Waals surface area contributed by atoms with Gasteiger partial charge in [0.05, 0.1) is 5.39 Å². The lowest BCUT2D eigenvalue weighted by molar-refractivity contribution is 0.483. The SMILES string of the molecule is CC(C)c1ccc2oc(C3CCCC3)cc(=O)c2c1. The Morgan fingerprint density at radius 2 is 1.89 bits per heavy atom. The Morgan fingerprint density at radius 1 is 1.16 bits per heavy atom. The van der Waals surface area contributed by atoms with Crippen LogP contribution in [0.4, 0.5) is 0 Å². The standard InChI is InChI=1S/C17H20O2/c1-11(2)13-7-8-16-14(9-13)15(18)10-17(19-16)12-5-3-4-6-12/h7-12H,3-6H2,1-2H3. The summed E-state index contributed by atoms with van der Waals surface area (Å²) in [4.78, 5) is 12.3. The number of hydrogen-bond acceptors (Lipinski definition) is 2. The van der Waals surface area contributed by atoms with Crippen molar-refractivity contribution in [1.29, 1.82) is 0 Å². The van der Waals surface area contributed by atoms with Crippen LogP contribution in [-0.4, -0.2) is 0 Å². The molecule has 100 valence electrons. The number of fused-ring (bicyclic) bond motifs is 1. The van der Waals surface area contributed by atoms with Crippen LogP contribution >= 0.6 is 0 Å². The average Bonchev–Trinajstić information content (AvgIpc) is 2.92. The van der Waals surface area contributed by atoms with Crippen molar-refractivity contribution in [1.82, 2.24) is 0 Å². The molecule has 1 fully saturated rings. The van der Waals surface area contributed by atoms with Gasteiger partial charge in [0.1, 0.15) is 11.3 Å². The van der Waals surface area contributed by atoms with Crippen molar-refractivity contribution in [3.8, 4) is 0 Å². The van der Waals surface area contributed by atoms with Crippen LogP contribution in [0.5, 0.6) is 0 Å². The highest BCUT2D eigenvalue weighted by atomic mass is 16.3. The van der Waals surface area contributed by atoms with Crippen molar-refractivity contribution < 1.29 is 4.42 Å². The molecule has 19 heavy (non-hydrogen) atoms.